The van der Waals surface area contributed by atoms with E-state index in [9.17, 15) is 14.0 Å². The largest absolute Gasteiger partial charge is 0.478 e. The predicted octanol–water partition coefficient (Wildman–Crippen LogP) is 1.38. The lowest BCUT2D eigenvalue weighted by molar-refractivity contribution is -0.131. The first-order valence-electron chi connectivity index (χ1n) is 5.95. The maximum absolute atomic E-state index is 13.7. The van der Waals surface area contributed by atoms with Crippen LogP contribution in [0.3, 0.4) is 0 Å². The number of aliphatic hydroxyl groups excluding tert-OH is 1. The number of hydrogen-bond acceptors (Lipinski definition) is 3. The van der Waals surface area contributed by atoms with Crippen molar-refractivity contribution in [1.82, 2.24) is 4.90 Å². The van der Waals surface area contributed by atoms with E-state index >= 15 is 0 Å². The molecule has 2 N–H and O–H groups in total. The molecule has 6 heteroatoms. The Kier molecular flexibility index (Phi) is 5.40. The summed E-state index contributed by atoms with van der Waals surface area (Å²) >= 11 is 0. The Hall–Kier alpha value is -2.21. The molecule has 0 aliphatic rings. The van der Waals surface area contributed by atoms with Crippen molar-refractivity contribution in [2.75, 3.05) is 13.7 Å². The number of hydrogen-bond donors (Lipinski definition) is 2. The van der Waals surface area contributed by atoms with Crippen molar-refractivity contribution in [2.45, 2.75) is 13.0 Å². The quantitative estimate of drug-likeness (QED) is 0.799. The molecular formula is C14H16FNO4. The van der Waals surface area contributed by atoms with E-state index < -0.39 is 23.7 Å². The molecule has 1 amide bonds. The molecule has 0 saturated heterocycles. The zero-order chi connectivity index (χ0) is 15.3. The zero-order valence-corrected chi connectivity index (χ0v) is 11.2. The van der Waals surface area contributed by atoms with E-state index in [0.29, 0.717) is 5.56 Å². The molecule has 5 nitrogen and oxygen atoms in total. The second-order valence-electron chi connectivity index (χ2n) is 4.36. The monoisotopic (exact) mass is 281 g/mol. The van der Waals surface area contributed by atoms with Crippen molar-refractivity contribution in [2.24, 2.45) is 0 Å². The highest BCUT2D eigenvalue weighted by Crippen LogP contribution is 2.15. The van der Waals surface area contributed by atoms with Crippen LogP contribution in [0.2, 0.25) is 0 Å². The van der Waals surface area contributed by atoms with Crippen molar-refractivity contribution in [1.29, 1.82) is 0 Å². The summed E-state index contributed by atoms with van der Waals surface area (Å²) in [5.74, 6) is -2.40. The second kappa shape index (κ2) is 6.81. The Morgan fingerprint density at radius 3 is 2.65 bits per heavy atom. The van der Waals surface area contributed by atoms with E-state index in [-0.39, 0.29) is 12.2 Å². The summed E-state index contributed by atoms with van der Waals surface area (Å²) in [4.78, 5) is 23.7. The molecule has 0 aromatic heterocycles. The Morgan fingerprint density at radius 1 is 1.45 bits per heavy atom. The van der Waals surface area contributed by atoms with Crippen LogP contribution in [0.15, 0.2) is 24.3 Å². The zero-order valence-electron chi connectivity index (χ0n) is 11.2. The van der Waals surface area contributed by atoms with Crippen LogP contribution in [-0.2, 0) is 4.79 Å². The number of aliphatic carboxylic acids is 1. The number of aliphatic hydroxyl groups is 1. The molecule has 0 aliphatic carbocycles. The molecule has 1 aromatic carbocycles. The molecule has 1 aromatic rings. The first kappa shape index (κ1) is 15.8. The molecule has 1 atom stereocenters. The van der Waals surface area contributed by atoms with Crippen molar-refractivity contribution in [3.8, 4) is 0 Å². The summed E-state index contributed by atoms with van der Waals surface area (Å²) in [6.45, 7) is 1.40. The average molecular weight is 281 g/mol. The van der Waals surface area contributed by atoms with Crippen molar-refractivity contribution in [3.05, 3.63) is 41.2 Å². The fourth-order valence-electron chi connectivity index (χ4n) is 1.49. The number of carbonyl (C=O) groups is 2. The van der Waals surface area contributed by atoms with Gasteiger partial charge in [-0.1, -0.05) is 6.07 Å². The lowest BCUT2D eigenvalue weighted by atomic mass is 10.1. The second-order valence-corrected chi connectivity index (χ2v) is 4.36. The molecule has 20 heavy (non-hydrogen) atoms. The van der Waals surface area contributed by atoms with Gasteiger partial charge in [0.15, 0.2) is 0 Å². The van der Waals surface area contributed by atoms with Gasteiger partial charge in [-0.3, -0.25) is 4.79 Å². The summed E-state index contributed by atoms with van der Waals surface area (Å²) in [6.07, 6.45) is 2.18. The van der Waals surface area contributed by atoms with E-state index in [1.807, 2.05) is 0 Å². The van der Waals surface area contributed by atoms with Gasteiger partial charge in [-0.15, -0.1) is 0 Å². The number of carboxylic acid groups (broad SMARTS) is 1. The topological polar surface area (TPSA) is 77.8 Å². The highest BCUT2D eigenvalue weighted by atomic mass is 19.1. The Bertz CT molecular complexity index is 542. The van der Waals surface area contributed by atoms with Gasteiger partial charge in [-0.2, -0.15) is 0 Å². The number of benzene rings is 1. The Morgan fingerprint density at radius 2 is 2.10 bits per heavy atom. The van der Waals surface area contributed by atoms with E-state index in [1.165, 1.54) is 30.2 Å². The number of carbonyl (C=O) groups excluding carboxylic acids is 1. The van der Waals surface area contributed by atoms with Crippen LogP contribution in [-0.4, -0.2) is 46.7 Å². The van der Waals surface area contributed by atoms with Crippen LogP contribution in [0.1, 0.15) is 22.8 Å². The molecule has 0 bridgehead atoms. The van der Waals surface area contributed by atoms with Gasteiger partial charge in [-0.25, -0.2) is 9.18 Å². The normalized spacial score (nSPS) is 12.4. The van der Waals surface area contributed by atoms with Gasteiger partial charge in [0.2, 0.25) is 0 Å². The minimum Gasteiger partial charge on any atom is -0.478 e. The molecular weight excluding hydrogens is 265 g/mol. The van der Waals surface area contributed by atoms with Crippen LogP contribution in [0.4, 0.5) is 4.39 Å². The molecule has 108 valence electrons. The van der Waals surface area contributed by atoms with Gasteiger partial charge >= 0.3 is 5.97 Å². The number of likely N-dealkylation sites (N-methyl/N-ethyl adjacent to an activating group) is 1. The van der Waals surface area contributed by atoms with Gasteiger partial charge < -0.3 is 15.1 Å². The Labute approximate surface area is 115 Å². The third kappa shape index (κ3) is 3.89. The fourth-order valence-corrected chi connectivity index (χ4v) is 1.49. The minimum absolute atomic E-state index is 0.166. The van der Waals surface area contributed by atoms with Gasteiger partial charge in [0.05, 0.1) is 18.2 Å². The molecule has 0 spiro atoms. The van der Waals surface area contributed by atoms with Gasteiger partial charge in [0.1, 0.15) is 5.82 Å². The summed E-state index contributed by atoms with van der Waals surface area (Å²) in [6, 6.07) is 3.31. The molecule has 0 saturated carbocycles. The molecule has 1 unspecified atom stereocenters. The number of rotatable bonds is 5. The average Bonchev–Trinajstić information content (AvgIpc) is 2.43. The van der Waals surface area contributed by atoms with Gasteiger partial charge in [0.25, 0.3) is 5.91 Å². The van der Waals surface area contributed by atoms with Crippen LogP contribution < -0.4 is 0 Å². The van der Waals surface area contributed by atoms with E-state index in [1.54, 1.807) is 6.92 Å². The number of carboxylic acids is 1. The smallest absolute Gasteiger partial charge is 0.328 e. The molecule has 0 radical (unpaired) electrons. The summed E-state index contributed by atoms with van der Waals surface area (Å²) in [7, 11) is 1.46. The summed E-state index contributed by atoms with van der Waals surface area (Å²) in [5, 5.41) is 17.5. The van der Waals surface area contributed by atoms with E-state index in [4.69, 9.17) is 10.2 Å². The summed E-state index contributed by atoms with van der Waals surface area (Å²) < 4.78 is 13.7. The molecule has 0 heterocycles. The Balaban J connectivity index is 3.08. The lowest BCUT2D eigenvalue weighted by Gasteiger charge is -2.23. The highest BCUT2D eigenvalue weighted by molar-refractivity contribution is 5.95. The van der Waals surface area contributed by atoms with Crippen LogP contribution in [0.25, 0.3) is 6.08 Å². The maximum atomic E-state index is 13.7. The number of amides is 1. The third-order valence-electron chi connectivity index (χ3n) is 2.88. The van der Waals surface area contributed by atoms with Crippen LogP contribution >= 0.6 is 0 Å². The standard InChI is InChI=1S/C14H16FNO4/c1-9(8-17)16(2)14(20)11-7-10(3-5-12(11)15)4-6-13(18)19/h3-7,9,17H,8H2,1-2H3,(H,18,19)/b6-4+. The number of nitrogens with zero attached hydrogens (tertiary/aromatic N) is 1. The van der Waals surface area contributed by atoms with Gasteiger partial charge in [-0.05, 0) is 30.7 Å². The predicted molar refractivity (Wildman–Crippen MR) is 71.7 cm³/mol. The van der Waals surface area contributed by atoms with Crippen LogP contribution in [0, 0.1) is 5.82 Å². The molecule has 0 fully saturated rings. The van der Waals surface area contributed by atoms with Crippen LogP contribution in [0.5, 0.6) is 0 Å². The van der Waals surface area contributed by atoms with E-state index in [0.717, 1.165) is 12.1 Å². The summed E-state index contributed by atoms with van der Waals surface area (Å²) in [5.41, 5.74) is 0.238. The first-order chi connectivity index (χ1) is 9.36. The first-order valence-corrected chi connectivity index (χ1v) is 5.95. The highest BCUT2D eigenvalue weighted by Gasteiger charge is 2.20. The van der Waals surface area contributed by atoms with E-state index in [2.05, 4.69) is 0 Å². The van der Waals surface area contributed by atoms with Crippen molar-refractivity contribution >= 4 is 18.0 Å². The fraction of sp³-hybridized carbons (Fsp3) is 0.286. The molecule has 1 rings (SSSR count). The minimum atomic E-state index is -1.13. The molecule has 0 aliphatic heterocycles. The van der Waals surface area contributed by atoms with Gasteiger partial charge in [0, 0.05) is 13.1 Å². The third-order valence-corrected chi connectivity index (χ3v) is 2.88. The van der Waals surface area contributed by atoms with Crippen molar-refractivity contribution in [3.63, 3.8) is 0 Å². The SMILES string of the molecule is CC(CO)N(C)C(=O)c1cc(/C=C/C(=O)O)ccc1F. The lowest BCUT2D eigenvalue weighted by Crippen LogP contribution is -2.37. The maximum Gasteiger partial charge on any atom is 0.328 e. The number of halogens is 1. The van der Waals surface area contributed by atoms with Crippen molar-refractivity contribution < 1.29 is 24.2 Å².